The molecule has 2 aromatic carbocycles. The summed E-state index contributed by atoms with van der Waals surface area (Å²) in [5.41, 5.74) is 3.76. The maximum absolute atomic E-state index is 13.7. The summed E-state index contributed by atoms with van der Waals surface area (Å²) >= 11 is 0. The number of benzene rings is 2. The number of nitrogens with one attached hydrogen (secondary N) is 1. The molecule has 1 aromatic heterocycles. The van der Waals surface area contributed by atoms with Crippen molar-refractivity contribution in [2.75, 3.05) is 5.32 Å². The molecule has 162 valence electrons. The number of para-hydroxylation sites is 1. The number of amides is 1. The standard InChI is InChI=1S/C27H27N3O2/c31-24(16-22-20-8-4-5-9-21(20)23-17-28-18-30(22)23)26-10-13-27(14-11-26,15-12-26)25(32)29-19-6-2-1-3-7-19/h1-9,17-18,22H,10-16H2,(H,29,32). The smallest absolute Gasteiger partial charge is 0.230 e. The van der Waals surface area contributed by atoms with E-state index < -0.39 is 0 Å². The van der Waals surface area contributed by atoms with E-state index in [0.717, 1.165) is 49.9 Å². The Bertz CT molecular complexity index is 1170. The van der Waals surface area contributed by atoms with Crippen LogP contribution in [0.4, 0.5) is 5.69 Å². The van der Waals surface area contributed by atoms with Crippen LogP contribution in [0.2, 0.25) is 0 Å². The minimum atomic E-state index is -0.324. The van der Waals surface area contributed by atoms with Gasteiger partial charge in [0.15, 0.2) is 0 Å². The molecule has 0 radical (unpaired) electrons. The van der Waals surface area contributed by atoms with Crippen molar-refractivity contribution in [2.24, 2.45) is 10.8 Å². The molecule has 5 heteroatoms. The number of nitrogens with zero attached hydrogens (tertiary/aromatic N) is 2. The van der Waals surface area contributed by atoms with Gasteiger partial charge in [0.2, 0.25) is 5.91 Å². The van der Waals surface area contributed by atoms with Gasteiger partial charge in [0.1, 0.15) is 5.78 Å². The largest absolute Gasteiger partial charge is 0.326 e. The third-order valence-corrected chi connectivity index (χ3v) is 8.33. The second kappa shape index (κ2) is 7.16. The first-order valence-electron chi connectivity index (χ1n) is 11.6. The van der Waals surface area contributed by atoms with Gasteiger partial charge in [-0.2, -0.15) is 0 Å². The van der Waals surface area contributed by atoms with Crippen molar-refractivity contribution in [3.05, 3.63) is 72.7 Å². The number of Topliss-reactive ketones (excluding diaryl/α,β-unsaturated/α-hetero) is 1. The van der Waals surface area contributed by atoms with Crippen LogP contribution in [-0.4, -0.2) is 21.2 Å². The predicted molar refractivity (Wildman–Crippen MR) is 123 cm³/mol. The van der Waals surface area contributed by atoms with Gasteiger partial charge in [-0.25, -0.2) is 4.98 Å². The fourth-order valence-corrected chi connectivity index (χ4v) is 6.26. The fraction of sp³-hybridized carbons (Fsp3) is 0.370. The molecule has 32 heavy (non-hydrogen) atoms. The summed E-state index contributed by atoms with van der Waals surface area (Å²) in [6, 6.07) is 18.1. The van der Waals surface area contributed by atoms with Crippen molar-refractivity contribution in [3.8, 4) is 11.3 Å². The van der Waals surface area contributed by atoms with Crippen molar-refractivity contribution in [1.82, 2.24) is 9.55 Å². The molecule has 0 spiro atoms. The zero-order valence-electron chi connectivity index (χ0n) is 18.1. The SMILES string of the molecule is O=C(CC1c2ccccc2-c2cncn21)C12CCC(C(=O)Nc3ccccc3)(CC1)CC2. The van der Waals surface area contributed by atoms with E-state index in [-0.39, 0.29) is 22.8 Å². The summed E-state index contributed by atoms with van der Waals surface area (Å²) in [6.07, 6.45) is 9.11. The van der Waals surface area contributed by atoms with E-state index in [1.165, 1.54) is 11.1 Å². The Morgan fingerprint density at radius 2 is 1.56 bits per heavy atom. The molecule has 3 aromatic rings. The summed E-state index contributed by atoms with van der Waals surface area (Å²) in [5.74, 6) is 0.479. The van der Waals surface area contributed by atoms with Crippen molar-refractivity contribution in [2.45, 2.75) is 51.0 Å². The van der Waals surface area contributed by atoms with E-state index in [4.69, 9.17) is 0 Å². The van der Waals surface area contributed by atoms with E-state index in [1.807, 2.05) is 48.9 Å². The van der Waals surface area contributed by atoms with Crippen LogP contribution in [0.15, 0.2) is 67.1 Å². The number of carbonyl (C=O) groups excluding carboxylic acids is 2. The van der Waals surface area contributed by atoms with E-state index in [9.17, 15) is 9.59 Å². The van der Waals surface area contributed by atoms with Crippen molar-refractivity contribution >= 4 is 17.4 Å². The highest BCUT2D eigenvalue weighted by molar-refractivity contribution is 5.96. The molecule has 3 aliphatic carbocycles. The van der Waals surface area contributed by atoms with Gasteiger partial charge in [-0.1, -0.05) is 42.5 Å². The Balaban J connectivity index is 1.18. The molecule has 7 rings (SSSR count). The van der Waals surface area contributed by atoms with Crippen LogP contribution in [0.3, 0.4) is 0 Å². The molecule has 1 unspecified atom stereocenters. The minimum Gasteiger partial charge on any atom is -0.326 e. The van der Waals surface area contributed by atoms with Crippen LogP contribution in [-0.2, 0) is 9.59 Å². The van der Waals surface area contributed by atoms with Gasteiger partial charge >= 0.3 is 0 Å². The molecular formula is C27H27N3O2. The molecule has 3 saturated carbocycles. The van der Waals surface area contributed by atoms with Gasteiger partial charge in [-0.15, -0.1) is 0 Å². The van der Waals surface area contributed by atoms with Gasteiger partial charge in [0.25, 0.3) is 0 Å². The molecule has 1 aliphatic heterocycles. The first-order chi connectivity index (χ1) is 15.6. The van der Waals surface area contributed by atoms with Gasteiger partial charge < -0.3 is 9.88 Å². The number of aromatic nitrogens is 2. The Morgan fingerprint density at radius 3 is 2.31 bits per heavy atom. The van der Waals surface area contributed by atoms with Gasteiger partial charge in [-0.05, 0) is 56.2 Å². The third-order valence-electron chi connectivity index (χ3n) is 8.33. The monoisotopic (exact) mass is 425 g/mol. The summed E-state index contributed by atoms with van der Waals surface area (Å²) < 4.78 is 2.16. The van der Waals surface area contributed by atoms with E-state index in [1.54, 1.807) is 0 Å². The van der Waals surface area contributed by atoms with Crippen LogP contribution in [0.25, 0.3) is 11.3 Å². The molecule has 0 saturated heterocycles. The minimum absolute atomic E-state index is 0.0283. The lowest BCUT2D eigenvalue weighted by molar-refractivity contribution is -0.146. The lowest BCUT2D eigenvalue weighted by atomic mass is 9.51. The Morgan fingerprint density at radius 1 is 0.906 bits per heavy atom. The lowest BCUT2D eigenvalue weighted by Crippen LogP contribution is -2.51. The second-order valence-electron chi connectivity index (χ2n) is 9.80. The third kappa shape index (κ3) is 2.87. The maximum Gasteiger partial charge on any atom is 0.230 e. The van der Waals surface area contributed by atoms with E-state index in [0.29, 0.717) is 12.2 Å². The Hall–Kier alpha value is -3.21. The average Bonchev–Trinajstić information content (AvgIpc) is 3.43. The number of rotatable bonds is 5. The van der Waals surface area contributed by atoms with E-state index >= 15 is 0 Å². The van der Waals surface area contributed by atoms with Crippen LogP contribution in [0.5, 0.6) is 0 Å². The second-order valence-corrected chi connectivity index (χ2v) is 9.80. The number of fused-ring (bicyclic) bond motifs is 6. The number of carbonyl (C=O) groups is 2. The van der Waals surface area contributed by atoms with Crippen molar-refractivity contribution in [3.63, 3.8) is 0 Å². The molecule has 1 atom stereocenters. The number of hydrogen-bond acceptors (Lipinski definition) is 3. The molecule has 1 amide bonds. The molecule has 2 bridgehead atoms. The van der Waals surface area contributed by atoms with Crippen LogP contribution >= 0.6 is 0 Å². The van der Waals surface area contributed by atoms with Crippen molar-refractivity contribution < 1.29 is 9.59 Å². The Kier molecular flexibility index (Phi) is 4.36. The molecule has 2 heterocycles. The molecule has 5 nitrogen and oxygen atoms in total. The average molecular weight is 426 g/mol. The van der Waals surface area contributed by atoms with Gasteiger partial charge in [0, 0.05) is 28.5 Å². The molecule has 4 aliphatic rings. The first-order valence-corrected chi connectivity index (χ1v) is 11.6. The number of ketones is 1. The fourth-order valence-electron chi connectivity index (χ4n) is 6.26. The van der Waals surface area contributed by atoms with Crippen LogP contribution in [0, 0.1) is 10.8 Å². The lowest BCUT2D eigenvalue weighted by Gasteiger charge is -2.51. The topological polar surface area (TPSA) is 64.0 Å². The highest BCUT2D eigenvalue weighted by Crippen LogP contribution is 2.58. The zero-order valence-corrected chi connectivity index (χ0v) is 18.1. The number of anilines is 1. The highest BCUT2D eigenvalue weighted by Gasteiger charge is 2.55. The summed E-state index contributed by atoms with van der Waals surface area (Å²) in [6.45, 7) is 0. The summed E-state index contributed by atoms with van der Waals surface area (Å²) in [7, 11) is 0. The number of imidazole rings is 1. The van der Waals surface area contributed by atoms with Gasteiger partial charge in [-0.3, -0.25) is 9.59 Å². The van der Waals surface area contributed by atoms with Crippen LogP contribution < -0.4 is 5.32 Å². The van der Waals surface area contributed by atoms with Crippen LogP contribution in [0.1, 0.15) is 56.6 Å². The maximum atomic E-state index is 13.7. The predicted octanol–water partition coefficient (Wildman–Crippen LogP) is 5.39. The highest BCUT2D eigenvalue weighted by atomic mass is 16.2. The first kappa shape index (κ1) is 19.5. The summed E-state index contributed by atoms with van der Waals surface area (Å²) in [5, 5.41) is 3.11. The van der Waals surface area contributed by atoms with Gasteiger partial charge in [0.05, 0.1) is 24.3 Å². The van der Waals surface area contributed by atoms with E-state index in [2.05, 4.69) is 33.1 Å². The normalized spacial score (nSPS) is 27.6. The molecule has 3 fully saturated rings. The quantitative estimate of drug-likeness (QED) is 0.596. The zero-order chi connectivity index (χ0) is 21.8. The number of hydrogen-bond donors (Lipinski definition) is 1. The van der Waals surface area contributed by atoms with Crippen molar-refractivity contribution in [1.29, 1.82) is 0 Å². The molecule has 1 N–H and O–H groups in total. The Labute approximate surface area is 187 Å². The summed E-state index contributed by atoms with van der Waals surface area (Å²) in [4.78, 5) is 31.2. The molecular weight excluding hydrogens is 398 g/mol.